The molecule has 100 valence electrons. The fourth-order valence-electron chi connectivity index (χ4n) is 1.72. The molecule has 1 N–H and O–H groups in total. The van der Waals surface area contributed by atoms with Gasteiger partial charge in [-0.05, 0) is 18.2 Å². The molecular formula is C12H11N7O. The van der Waals surface area contributed by atoms with Crippen molar-refractivity contribution in [3.8, 4) is 11.3 Å². The highest BCUT2D eigenvalue weighted by molar-refractivity contribution is 5.62. The van der Waals surface area contributed by atoms with Gasteiger partial charge < -0.3 is 0 Å². The molecule has 0 unspecified atom stereocenters. The number of pyridine rings is 1. The monoisotopic (exact) mass is 269 g/mol. The van der Waals surface area contributed by atoms with Gasteiger partial charge in [-0.15, -0.1) is 5.10 Å². The van der Waals surface area contributed by atoms with E-state index in [1.165, 1.54) is 13.4 Å². The largest absolute Gasteiger partial charge is 0.279 e. The maximum absolute atomic E-state index is 4.65. The minimum atomic E-state index is 0.295. The molecule has 3 aromatic heterocycles. The normalized spacial score (nSPS) is 11.2. The second kappa shape index (κ2) is 5.41. The molecular weight excluding hydrogens is 258 g/mol. The molecule has 0 fully saturated rings. The third kappa shape index (κ3) is 2.31. The van der Waals surface area contributed by atoms with Crippen LogP contribution in [0.4, 0.5) is 5.95 Å². The third-order valence-corrected chi connectivity index (χ3v) is 2.56. The van der Waals surface area contributed by atoms with E-state index in [-0.39, 0.29) is 0 Å². The van der Waals surface area contributed by atoms with Crippen LogP contribution in [0.3, 0.4) is 0 Å². The lowest BCUT2D eigenvalue weighted by atomic mass is 10.2. The van der Waals surface area contributed by atoms with Crippen molar-refractivity contribution in [2.45, 2.75) is 0 Å². The maximum Gasteiger partial charge on any atom is 0.272 e. The van der Waals surface area contributed by atoms with Gasteiger partial charge in [0, 0.05) is 24.2 Å². The van der Waals surface area contributed by atoms with E-state index < -0.39 is 0 Å². The minimum Gasteiger partial charge on any atom is -0.279 e. The van der Waals surface area contributed by atoms with E-state index in [2.05, 4.69) is 35.4 Å². The first kappa shape index (κ1) is 12.2. The zero-order valence-corrected chi connectivity index (χ0v) is 10.6. The molecule has 0 spiro atoms. The van der Waals surface area contributed by atoms with Crippen LogP contribution >= 0.6 is 0 Å². The van der Waals surface area contributed by atoms with Gasteiger partial charge in [0.05, 0.1) is 12.8 Å². The van der Waals surface area contributed by atoms with Crippen molar-refractivity contribution in [1.82, 2.24) is 30.0 Å². The lowest BCUT2D eigenvalue weighted by molar-refractivity contribution is 0.148. The number of nitrogens with zero attached hydrogens (tertiary/aromatic N) is 6. The molecule has 3 heterocycles. The summed E-state index contributed by atoms with van der Waals surface area (Å²) in [5.41, 5.74) is 4.32. The predicted octanol–water partition coefficient (Wildman–Crippen LogP) is 0.997. The van der Waals surface area contributed by atoms with Crippen molar-refractivity contribution in [3.63, 3.8) is 0 Å². The first-order chi connectivity index (χ1) is 9.88. The minimum absolute atomic E-state index is 0.295. The summed E-state index contributed by atoms with van der Waals surface area (Å²) in [5.74, 6) is 0.771. The van der Waals surface area contributed by atoms with Gasteiger partial charge in [0.1, 0.15) is 6.34 Å². The maximum atomic E-state index is 4.65. The van der Waals surface area contributed by atoms with Crippen molar-refractivity contribution in [1.29, 1.82) is 0 Å². The van der Waals surface area contributed by atoms with E-state index in [1.807, 2.05) is 18.2 Å². The van der Waals surface area contributed by atoms with Gasteiger partial charge in [0.15, 0.2) is 0 Å². The third-order valence-electron chi connectivity index (χ3n) is 2.56. The van der Waals surface area contributed by atoms with Gasteiger partial charge in [-0.25, -0.2) is 4.98 Å². The fourth-order valence-corrected chi connectivity index (χ4v) is 1.72. The molecule has 8 heteroatoms. The van der Waals surface area contributed by atoms with E-state index in [4.69, 9.17) is 0 Å². The van der Waals surface area contributed by atoms with E-state index in [0.717, 1.165) is 11.3 Å². The summed E-state index contributed by atoms with van der Waals surface area (Å²) in [6, 6.07) is 5.65. The number of nitrogens with one attached hydrogen (secondary N) is 1. The molecule has 0 amide bonds. The summed E-state index contributed by atoms with van der Waals surface area (Å²) in [7, 11) is 1.49. The van der Waals surface area contributed by atoms with Gasteiger partial charge in [-0.2, -0.15) is 14.5 Å². The summed E-state index contributed by atoms with van der Waals surface area (Å²) in [6.45, 7) is 0. The molecule has 0 aliphatic heterocycles. The van der Waals surface area contributed by atoms with Crippen LogP contribution in [0.1, 0.15) is 0 Å². The molecule has 0 radical (unpaired) electrons. The van der Waals surface area contributed by atoms with Crippen LogP contribution in [0.5, 0.6) is 0 Å². The van der Waals surface area contributed by atoms with Gasteiger partial charge in [0.25, 0.3) is 11.7 Å². The number of hydrogen-bond acceptors (Lipinski definition) is 6. The Labute approximate surface area is 114 Å². The van der Waals surface area contributed by atoms with E-state index in [9.17, 15) is 0 Å². The van der Waals surface area contributed by atoms with Crippen molar-refractivity contribution in [2.75, 3.05) is 7.11 Å². The molecule has 0 saturated heterocycles. The average Bonchev–Trinajstić information content (AvgIpc) is 2.91. The summed E-state index contributed by atoms with van der Waals surface area (Å²) >= 11 is 0. The van der Waals surface area contributed by atoms with E-state index in [0.29, 0.717) is 11.7 Å². The van der Waals surface area contributed by atoms with Gasteiger partial charge in [-0.1, -0.05) is 0 Å². The number of fused-ring (bicyclic) bond motifs is 1. The molecule has 20 heavy (non-hydrogen) atoms. The van der Waals surface area contributed by atoms with Crippen LogP contribution in [0.15, 0.2) is 41.8 Å². The Bertz CT molecular complexity index is 738. The highest BCUT2D eigenvalue weighted by Gasteiger charge is 2.08. The Morgan fingerprint density at radius 2 is 2.10 bits per heavy atom. The van der Waals surface area contributed by atoms with Crippen LogP contribution in [0.25, 0.3) is 17.0 Å². The highest BCUT2D eigenvalue weighted by Crippen LogP contribution is 2.19. The summed E-state index contributed by atoms with van der Waals surface area (Å²) in [4.78, 5) is 21.0. The Balaban J connectivity index is 2.06. The smallest absolute Gasteiger partial charge is 0.272 e. The Kier molecular flexibility index (Phi) is 3.29. The number of hydrogen-bond donors (Lipinski definition) is 1. The zero-order chi connectivity index (χ0) is 13.8. The van der Waals surface area contributed by atoms with Crippen LogP contribution in [0.2, 0.25) is 0 Å². The van der Waals surface area contributed by atoms with Crippen LogP contribution in [0, 0.1) is 0 Å². The molecule has 0 saturated carbocycles. The van der Waals surface area contributed by atoms with Crippen molar-refractivity contribution in [3.05, 3.63) is 36.8 Å². The number of hydroxylamine groups is 1. The highest BCUT2D eigenvalue weighted by atomic mass is 16.6. The zero-order valence-electron chi connectivity index (χ0n) is 10.6. The van der Waals surface area contributed by atoms with Crippen molar-refractivity contribution < 1.29 is 4.84 Å². The topological polar surface area (TPSA) is 89.6 Å². The standard InChI is InChI=1S/C12H11N7O/c1-20-16-8-15-11-17-12-14-7-4-10(19(12)18-11)9-2-5-13-6-3-9/h2-8H,1H3,(H,15,16,18). The number of aliphatic imine (C=N–C) groups is 1. The lowest BCUT2D eigenvalue weighted by Crippen LogP contribution is -2.07. The molecule has 3 aromatic rings. The number of rotatable bonds is 4. The number of aromatic nitrogens is 5. The fraction of sp³-hybridized carbons (Fsp3) is 0.0833. The second-order valence-electron chi connectivity index (χ2n) is 3.77. The Morgan fingerprint density at radius 1 is 1.25 bits per heavy atom. The van der Waals surface area contributed by atoms with E-state index >= 15 is 0 Å². The first-order valence-corrected chi connectivity index (χ1v) is 5.82. The average molecular weight is 269 g/mol. The molecule has 8 nitrogen and oxygen atoms in total. The van der Waals surface area contributed by atoms with Gasteiger partial charge in [0.2, 0.25) is 0 Å². The lowest BCUT2D eigenvalue weighted by Gasteiger charge is -2.01. The second-order valence-corrected chi connectivity index (χ2v) is 3.77. The van der Waals surface area contributed by atoms with Crippen molar-refractivity contribution in [2.24, 2.45) is 4.99 Å². The summed E-state index contributed by atoms with van der Waals surface area (Å²) in [5, 5.41) is 4.29. The van der Waals surface area contributed by atoms with Gasteiger partial charge in [-0.3, -0.25) is 15.3 Å². The molecule has 0 aliphatic rings. The predicted molar refractivity (Wildman–Crippen MR) is 72.3 cm³/mol. The molecule has 0 aromatic carbocycles. The Morgan fingerprint density at radius 3 is 2.90 bits per heavy atom. The van der Waals surface area contributed by atoms with Crippen molar-refractivity contribution >= 4 is 18.1 Å². The summed E-state index contributed by atoms with van der Waals surface area (Å²) < 4.78 is 1.63. The molecule has 3 rings (SSSR count). The molecule has 0 bridgehead atoms. The molecule has 0 atom stereocenters. The van der Waals surface area contributed by atoms with E-state index in [1.54, 1.807) is 23.1 Å². The SMILES string of the molecule is CON/C=N/c1nc2nccc(-c3ccncc3)n2n1. The van der Waals surface area contributed by atoms with Crippen LogP contribution < -0.4 is 5.48 Å². The molecule has 0 aliphatic carbocycles. The quantitative estimate of drug-likeness (QED) is 0.431. The summed E-state index contributed by atoms with van der Waals surface area (Å²) in [6.07, 6.45) is 6.49. The van der Waals surface area contributed by atoms with Gasteiger partial charge >= 0.3 is 0 Å². The van der Waals surface area contributed by atoms with Crippen LogP contribution in [-0.4, -0.2) is 38.0 Å². The Hall–Kier alpha value is -2.87. The van der Waals surface area contributed by atoms with Crippen LogP contribution in [-0.2, 0) is 4.84 Å². The first-order valence-electron chi connectivity index (χ1n) is 5.82.